The predicted octanol–water partition coefficient (Wildman–Crippen LogP) is 2.08. The van der Waals surface area contributed by atoms with E-state index < -0.39 is 0 Å². The summed E-state index contributed by atoms with van der Waals surface area (Å²) in [7, 11) is 0. The van der Waals surface area contributed by atoms with Crippen molar-refractivity contribution in [2.24, 2.45) is 5.92 Å². The van der Waals surface area contributed by atoms with E-state index in [0.717, 1.165) is 23.3 Å². The van der Waals surface area contributed by atoms with Crippen LogP contribution in [0.3, 0.4) is 0 Å². The van der Waals surface area contributed by atoms with Crippen molar-refractivity contribution in [1.29, 1.82) is 0 Å². The number of ether oxygens (including phenoxy) is 2. The number of nitrogens with zero attached hydrogens (tertiary/aromatic N) is 4. The maximum absolute atomic E-state index is 12.9. The Morgan fingerprint density at radius 1 is 1.38 bits per heavy atom. The molecule has 1 saturated carbocycles. The maximum Gasteiger partial charge on any atom is 0.276 e. The van der Waals surface area contributed by atoms with Gasteiger partial charge in [0.2, 0.25) is 0 Å². The number of fused-ring (bicyclic) bond motifs is 1. The lowest BCUT2D eigenvalue weighted by Gasteiger charge is -2.37. The first-order chi connectivity index (χ1) is 12.7. The Labute approximate surface area is 156 Å². The fraction of sp³-hybridized carbons (Fsp3) is 0.556. The smallest absolute Gasteiger partial charge is 0.276 e. The summed E-state index contributed by atoms with van der Waals surface area (Å²) in [6, 6.07) is 4.02. The largest absolute Gasteiger partial charge is 0.376 e. The zero-order chi connectivity index (χ0) is 17.9. The Morgan fingerprint density at radius 3 is 3.00 bits per heavy atom. The number of hydrogen-bond donors (Lipinski definition) is 0. The molecule has 0 N–H and O–H groups in total. The van der Waals surface area contributed by atoms with E-state index >= 15 is 0 Å². The molecule has 8 heteroatoms. The van der Waals surface area contributed by atoms with E-state index in [2.05, 4.69) is 14.6 Å². The number of rotatable bonds is 5. The molecule has 2 aliphatic rings. The van der Waals surface area contributed by atoms with Crippen molar-refractivity contribution in [3.05, 3.63) is 40.7 Å². The van der Waals surface area contributed by atoms with Crippen molar-refractivity contribution in [3.8, 4) is 0 Å². The summed E-state index contributed by atoms with van der Waals surface area (Å²) >= 11 is 1.27. The molecule has 0 bridgehead atoms. The molecule has 4 rings (SSSR count). The zero-order valence-corrected chi connectivity index (χ0v) is 15.5. The Bertz CT molecular complexity index is 754. The molecule has 1 amide bonds. The highest BCUT2D eigenvalue weighted by molar-refractivity contribution is 7.05. The second-order valence-electron chi connectivity index (χ2n) is 6.86. The third-order valence-electron chi connectivity index (χ3n) is 5.12. The van der Waals surface area contributed by atoms with Gasteiger partial charge >= 0.3 is 0 Å². The fourth-order valence-electron chi connectivity index (χ4n) is 3.83. The van der Waals surface area contributed by atoms with Crippen LogP contribution in [0.15, 0.2) is 24.5 Å². The van der Waals surface area contributed by atoms with Gasteiger partial charge < -0.3 is 14.4 Å². The predicted molar refractivity (Wildman–Crippen MR) is 95.8 cm³/mol. The normalized spacial score (nSPS) is 25.3. The minimum Gasteiger partial charge on any atom is -0.376 e. The lowest BCUT2D eigenvalue weighted by Crippen LogP contribution is -2.51. The third kappa shape index (κ3) is 3.62. The minimum absolute atomic E-state index is 0.0205. The van der Waals surface area contributed by atoms with Crippen LogP contribution in [0.25, 0.3) is 0 Å². The highest BCUT2D eigenvalue weighted by Gasteiger charge is 2.43. The molecule has 0 radical (unpaired) electrons. The minimum atomic E-state index is -0.0205. The number of carbonyl (C=O) groups excluding carboxylic acids is 1. The summed E-state index contributed by atoms with van der Waals surface area (Å²) in [5.41, 5.74) is 1.60. The lowest BCUT2D eigenvalue weighted by molar-refractivity contribution is -0.0452. The van der Waals surface area contributed by atoms with Gasteiger partial charge in [0.05, 0.1) is 36.8 Å². The molecule has 0 spiro atoms. The number of aromatic nitrogens is 3. The van der Waals surface area contributed by atoms with Crippen molar-refractivity contribution in [1.82, 2.24) is 19.5 Å². The number of carbonyl (C=O) groups is 1. The molecule has 1 aliphatic carbocycles. The van der Waals surface area contributed by atoms with Gasteiger partial charge in [0.25, 0.3) is 5.91 Å². The van der Waals surface area contributed by atoms with E-state index in [0.29, 0.717) is 38.0 Å². The van der Waals surface area contributed by atoms with Crippen LogP contribution in [0.4, 0.5) is 0 Å². The van der Waals surface area contributed by atoms with Crippen molar-refractivity contribution < 1.29 is 14.3 Å². The zero-order valence-electron chi connectivity index (χ0n) is 14.7. The van der Waals surface area contributed by atoms with E-state index in [1.807, 2.05) is 24.0 Å². The van der Waals surface area contributed by atoms with Crippen LogP contribution < -0.4 is 0 Å². The Hall–Kier alpha value is -1.90. The standard InChI is InChI=1S/C18H22N4O3S/c1-12-17(20-21-26-12)18(23)22-6-7-25-16-9-14(8-15(16)22)11-24-10-13-2-4-19-5-3-13/h2-5,14-16H,6-11H2,1H3/t14-,15+,16+/m0/s1. The van der Waals surface area contributed by atoms with Crippen LogP contribution in [-0.4, -0.2) is 57.3 Å². The SMILES string of the molecule is Cc1snnc1C(=O)N1CCO[C@@H]2C[C@@H](COCc3ccncc3)C[C@H]21. The summed E-state index contributed by atoms with van der Waals surface area (Å²) in [5.74, 6) is 0.378. The summed E-state index contributed by atoms with van der Waals surface area (Å²) in [6.07, 6.45) is 5.47. The van der Waals surface area contributed by atoms with Crippen LogP contribution in [0.1, 0.15) is 33.8 Å². The number of pyridine rings is 1. The molecule has 0 aromatic carbocycles. The van der Waals surface area contributed by atoms with E-state index in [-0.39, 0.29) is 18.1 Å². The number of amides is 1. The van der Waals surface area contributed by atoms with E-state index in [4.69, 9.17) is 9.47 Å². The molecular formula is C18H22N4O3S. The van der Waals surface area contributed by atoms with Crippen LogP contribution in [-0.2, 0) is 16.1 Å². The van der Waals surface area contributed by atoms with Gasteiger partial charge in [0, 0.05) is 18.9 Å². The van der Waals surface area contributed by atoms with E-state index in [9.17, 15) is 4.79 Å². The number of morpholine rings is 1. The first kappa shape index (κ1) is 17.5. The molecular weight excluding hydrogens is 352 g/mol. The van der Waals surface area contributed by atoms with Gasteiger partial charge in [-0.05, 0) is 54.9 Å². The van der Waals surface area contributed by atoms with Crippen LogP contribution in [0.2, 0.25) is 0 Å². The number of hydrogen-bond acceptors (Lipinski definition) is 7. The Kier molecular flexibility index (Phi) is 5.23. The first-order valence-electron chi connectivity index (χ1n) is 8.90. The molecule has 2 aromatic rings. The van der Waals surface area contributed by atoms with Gasteiger partial charge in [0.15, 0.2) is 5.69 Å². The first-order valence-corrected chi connectivity index (χ1v) is 9.68. The van der Waals surface area contributed by atoms with Gasteiger partial charge in [0.1, 0.15) is 0 Å². The molecule has 2 fully saturated rings. The average Bonchev–Trinajstić information content (AvgIpc) is 3.27. The Balaban J connectivity index is 1.35. The highest BCUT2D eigenvalue weighted by Crippen LogP contribution is 2.35. The molecule has 3 atom stereocenters. The van der Waals surface area contributed by atoms with Gasteiger partial charge in [-0.3, -0.25) is 9.78 Å². The van der Waals surface area contributed by atoms with Gasteiger partial charge in [-0.2, -0.15) is 0 Å². The molecule has 1 aliphatic heterocycles. The van der Waals surface area contributed by atoms with Crippen molar-refractivity contribution >= 4 is 17.4 Å². The molecule has 2 aromatic heterocycles. The lowest BCUT2D eigenvalue weighted by atomic mass is 10.1. The molecule has 1 saturated heterocycles. The van der Waals surface area contributed by atoms with Gasteiger partial charge in [-0.1, -0.05) is 4.49 Å². The van der Waals surface area contributed by atoms with Gasteiger partial charge in [-0.15, -0.1) is 5.10 Å². The van der Waals surface area contributed by atoms with Crippen LogP contribution >= 0.6 is 11.5 Å². The quantitative estimate of drug-likeness (QED) is 0.797. The number of aryl methyl sites for hydroxylation is 1. The average molecular weight is 374 g/mol. The van der Waals surface area contributed by atoms with Crippen LogP contribution in [0, 0.1) is 12.8 Å². The molecule has 0 unspecified atom stereocenters. The second-order valence-corrected chi connectivity index (χ2v) is 7.82. The van der Waals surface area contributed by atoms with Crippen molar-refractivity contribution in [3.63, 3.8) is 0 Å². The molecule has 26 heavy (non-hydrogen) atoms. The van der Waals surface area contributed by atoms with E-state index in [1.165, 1.54) is 11.5 Å². The van der Waals surface area contributed by atoms with Crippen molar-refractivity contribution in [2.45, 2.75) is 38.5 Å². The molecule has 138 valence electrons. The highest BCUT2D eigenvalue weighted by atomic mass is 32.1. The maximum atomic E-state index is 12.9. The van der Waals surface area contributed by atoms with Gasteiger partial charge in [-0.25, -0.2) is 0 Å². The fourth-order valence-corrected chi connectivity index (χ4v) is 4.29. The molecule has 7 nitrogen and oxygen atoms in total. The molecule has 3 heterocycles. The van der Waals surface area contributed by atoms with Crippen molar-refractivity contribution in [2.75, 3.05) is 19.8 Å². The van der Waals surface area contributed by atoms with Crippen LogP contribution in [0.5, 0.6) is 0 Å². The summed E-state index contributed by atoms with van der Waals surface area (Å²) in [6.45, 7) is 4.34. The summed E-state index contributed by atoms with van der Waals surface area (Å²) in [5, 5.41) is 4.01. The summed E-state index contributed by atoms with van der Waals surface area (Å²) < 4.78 is 15.7. The topological polar surface area (TPSA) is 77.4 Å². The monoisotopic (exact) mass is 374 g/mol. The second kappa shape index (κ2) is 7.77. The van der Waals surface area contributed by atoms with E-state index in [1.54, 1.807) is 12.4 Å². The summed E-state index contributed by atoms with van der Waals surface area (Å²) in [4.78, 5) is 19.7. The third-order valence-corrected chi connectivity index (χ3v) is 5.75. The Morgan fingerprint density at radius 2 is 2.23 bits per heavy atom.